The van der Waals surface area contributed by atoms with E-state index in [1.807, 2.05) is 67.3 Å². The number of aryl methyl sites for hydroxylation is 1. The van der Waals surface area contributed by atoms with E-state index in [1.54, 1.807) is 0 Å². The topological polar surface area (TPSA) is 77.2 Å². The SMILES string of the molecule is Cc1[nH]c(C=C2C(=O)Nc3cccc(-c4ccc(Br)cc4)c32)c(C)c1C(=O)N1C[C@H](C)N[C@@H](C)C1. The number of hydrogen-bond donors (Lipinski definition) is 3. The number of carbonyl (C=O) groups excluding carboxylic acids is 2. The molecule has 0 unspecified atom stereocenters. The Balaban J connectivity index is 1.55. The summed E-state index contributed by atoms with van der Waals surface area (Å²) in [6.45, 7) is 9.43. The van der Waals surface area contributed by atoms with E-state index < -0.39 is 0 Å². The summed E-state index contributed by atoms with van der Waals surface area (Å²) < 4.78 is 1.00. The highest BCUT2D eigenvalue weighted by molar-refractivity contribution is 9.10. The van der Waals surface area contributed by atoms with E-state index >= 15 is 0 Å². The summed E-state index contributed by atoms with van der Waals surface area (Å²) in [6, 6.07) is 14.5. The predicted octanol–water partition coefficient (Wildman–Crippen LogP) is 5.38. The van der Waals surface area contributed by atoms with Gasteiger partial charge in [-0.15, -0.1) is 0 Å². The molecule has 2 atom stereocenters. The van der Waals surface area contributed by atoms with E-state index in [0.717, 1.165) is 43.8 Å². The molecule has 2 aliphatic rings. The number of anilines is 1. The van der Waals surface area contributed by atoms with Gasteiger partial charge in [-0.2, -0.15) is 0 Å². The first-order valence-electron chi connectivity index (χ1n) is 11.9. The monoisotopic (exact) mass is 532 g/mol. The van der Waals surface area contributed by atoms with Crippen LogP contribution in [-0.2, 0) is 4.79 Å². The average Bonchev–Trinajstić information content (AvgIpc) is 3.28. The fraction of sp³-hybridized carbons (Fsp3) is 0.286. The Morgan fingerprint density at radius 1 is 1.06 bits per heavy atom. The van der Waals surface area contributed by atoms with E-state index in [1.165, 1.54) is 0 Å². The van der Waals surface area contributed by atoms with Crippen LogP contribution < -0.4 is 10.6 Å². The maximum absolute atomic E-state index is 13.5. The van der Waals surface area contributed by atoms with Gasteiger partial charge in [0.05, 0.1) is 11.1 Å². The Labute approximate surface area is 213 Å². The van der Waals surface area contributed by atoms with Crippen molar-refractivity contribution < 1.29 is 9.59 Å². The molecule has 6 nitrogen and oxygen atoms in total. The third-order valence-electron chi connectivity index (χ3n) is 6.81. The molecule has 5 rings (SSSR count). The molecule has 0 spiro atoms. The van der Waals surface area contributed by atoms with Crippen molar-refractivity contribution in [3.63, 3.8) is 0 Å². The summed E-state index contributed by atoms with van der Waals surface area (Å²) in [6.07, 6.45) is 1.88. The molecule has 1 aromatic heterocycles. The van der Waals surface area contributed by atoms with Crippen molar-refractivity contribution in [1.29, 1.82) is 0 Å². The van der Waals surface area contributed by atoms with Crippen molar-refractivity contribution in [3.8, 4) is 11.1 Å². The molecule has 0 aliphatic carbocycles. The van der Waals surface area contributed by atoms with E-state index in [2.05, 4.69) is 45.4 Å². The molecular formula is C28H29BrN4O2. The average molecular weight is 533 g/mol. The fourth-order valence-corrected chi connectivity index (χ4v) is 5.56. The van der Waals surface area contributed by atoms with Gasteiger partial charge < -0.3 is 20.5 Å². The molecule has 3 N–H and O–H groups in total. The molecular weight excluding hydrogens is 504 g/mol. The van der Waals surface area contributed by atoms with Gasteiger partial charge in [0.2, 0.25) is 0 Å². The number of H-pyrrole nitrogens is 1. The summed E-state index contributed by atoms with van der Waals surface area (Å²) in [5.41, 5.74) is 7.44. The molecule has 1 fully saturated rings. The maximum Gasteiger partial charge on any atom is 0.256 e. The number of halogens is 1. The van der Waals surface area contributed by atoms with Crippen LogP contribution in [-0.4, -0.2) is 46.9 Å². The Kier molecular flexibility index (Phi) is 6.15. The quantitative estimate of drug-likeness (QED) is 0.396. The van der Waals surface area contributed by atoms with E-state index in [9.17, 15) is 9.59 Å². The lowest BCUT2D eigenvalue weighted by Crippen LogP contribution is -2.55. The number of benzene rings is 2. The summed E-state index contributed by atoms with van der Waals surface area (Å²) >= 11 is 3.49. The zero-order valence-electron chi connectivity index (χ0n) is 20.3. The number of aromatic nitrogens is 1. The first kappa shape index (κ1) is 23.6. The summed E-state index contributed by atoms with van der Waals surface area (Å²) in [7, 11) is 0. The minimum atomic E-state index is -0.145. The fourth-order valence-electron chi connectivity index (χ4n) is 5.29. The number of hydrogen-bond acceptors (Lipinski definition) is 3. The molecule has 0 radical (unpaired) electrons. The van der Waals surface area contributed by atoms with Crippen molar-refractivity contribution in [2.75, 3.05) is 18.4 Å². The molecule has 7 heteroatoms. The molecule has 180 valence electrons. The van der Waals surface area contributed by atoms with Crippen molar-refractivity contribution in [2.45, 2.75) is 39.8 Å². The smallest absolute Gasteiger partial charge is 0.256 e. The van der Waals surface area contributed by atoms with Gasteiger partial charge in [0.25, 0.3) is 11.8 Å². The van der Waals surface area contributed by atoms with Crippen LogP contribution in [0, 0.1) is 13.8 Å². The molecule has 2 aromatic carbocycles. The van der Waals surface area contributed by atoms with Gasteiger partial charge >= 0.3 is 0 Å². The molecule has 0 saturated carbocycles. The van der Waals surface area contributed by atoms with Crippen molar-refractivity contribution in [1.82, 2.24) is 15.2 Å². The summed E-state index contributed by atoms with van der Waals surface area (Å²) in [4.78, 5) is 31.8. The highest BCUT2D eigenvalue weighted by Gasteiger charge is 2.31. The highest BCUT2D eigenvalue weighted by atomic mass is 79.9. The number of nitrogens with zero attached hydrogens (tertiary/aromatic N) is 1. The van der Waals surface area contributed by atoms with Crippen LogP contribution in [0.2, 0.25) is 0 Å². The van der Waals surface area contributed by atoms with Gasteiger partial charge in [-0.25, -0.2) is 0 Å². The van der Waals surface area contributed by atoms with Crippen LogP contribution in [0.5, 0.6) is 0 Å². The van der Waals surface area contributed by atoms with Gasteiger partial charge in [-0.1, -0.05) is 40.2 Å². The normalized spacial score (nSPS) is 20.8. The predicted molar refractivity (Wildman–Crippen MR) is 144 cm³/mol. The largest absolute Gasteiger partial charge is 0.358 e. The Morgan fingerprint density at radius 2 is 1.74 bits per heavy atom. The number of fused-ring (bicyclic) bond motifs is 1. The molecule has 35 heavy (non-hydrogen) atoms. The maximum atomic E-state index is 13.5. The molecule has 3 aromatic rings. The third-order valence-corrected chi connectivity index (χ3v) is 7.33. The number of nitrogens with one attached hydrogen (secondary N) is 3. The number of rotatable bonds is 3. The molecule has 0 bridgehead atoms. The number of amides is 2. The lowest BCUT2D eigenvalue weighted by atomic mass is 9.94. The van der Waals surface area contributed by atoms with Crippen molar-refractivity contribution in [3.05, 3.63) is 75.0 Å². The van der Waals surface area contributed by atoms with Crippen LogP contribution in [0.25, 0.3) is 22.8 Å². The van der Waals surface area contributed by atoms with Gasteiger partial charge in [0.1, 0.15) is 0 Å². The summed E-state index contributed by atoms with van der Waals surface area (Å²) in [5.74, 6) is -0.109. The van der Waals surface area contributed by atoms with Crippen LogP contribution in [0.4, 0.5) is 5.69 Å². The molecule has 2 aliphatic heterocycles. The van der Waals surface area contributed by atoms with Crippen molar-refractivity contribution in [2.24, 2.45) is 0 Å². The van der Waals surface area contributed by atoms with E-state index in [-0.39, 0.29) is 23.9 Å². The van der Waals surface area contributed by atoms with Gasteiger partial charge in [0, 0.05) is 52.3 Å². The lowest BCUT2D eigenvalue weighted by Gasteiger charge is -2.36. The second kappa shape index (κ2) is 9.13. The molecule has 3 heterocycles. The second-order valence-electron chi connectivity index (χ2n) is 9.59. The first-order valence-corrected chi connectivity index (χ1v) is 12.7. The lowest BCUT2D eigenvalue weighted by molar-refractivity contribution is -0.110. The Bertz CT molecular complexity index is 1350. The van der Waals surface area contributed by atoms with Crippen LogP contribution in [0.3, 0.4) is 0 Å². The number of aromatic amines is 1. The van der Waals surface area contributed by atoms with Crippen molar-refractivity contribution >= 4 is 45.1 Å². The molecule has 1 saturated heterocycles. The Hall–Kier alpha value is -3.16. The zero-order chi connectivity index (χ0) is 24.9. The van der Waals surface area contributed by atoms with Gasteiger partial charge in [-0.3, -0.25) is 9.59 Å². The standard InChI is InChI=1S/C28H29BrN4O2/c1-15-13-33(14-16(2)30-15)28(35)25-17(3)24(31-18(25)4)12-22-26-21(19-8-10-20(29)11-9-19)6-5-7-23(26)32-27(22)34/h5-12,15-16,30-31H,13-14H2,1-4H3,(H,32,34)/t15-,16-/m0/s1. The zero-order valence-corrected chi connectivity index (χ0v) is 21.9. The minimum Gasteiger partial charge on any atom is -0.358 e. The van der Waals surface area contributed by atoms with Crippen LogP contribution >= 0.6 is 15.9 Å². The minimum absolute atomic E-state index is 0.0351. The highest BCUT2D eigenvalue weighted by Crippen LogP contribution is 2.41. The Morgan fingerprint density at radius 3 is 2.43 bits per heavy atom. The van der Waals surface area contributed by atoms with Crippen LogP contribution in [0.15, 0.2) is 46.9 Å². The number of carbonyl (C=O) groups is 2. The van der Waals surface area contributed by atoms with E-state index in [4.69, 9.17) is 0 Å². The van der Waals surface area contributed by atoms with Gasteiger partial charge in [0.15, 0.2) is 0 Å². The van der Waals surface area contributed by atoms with Crippen LogP contribution in [0.1, 0.15) is 46.7 Å². The second-order valence-corrected chi connectivity index (χ2v) is 10.5. The molecule has 2 amide bonds. The third kappa shape index (κ3) is 4.34. The summed E-state index contributed by atoms with van der Waals surface area (Å²) in [5, 5.41) is 6.48. The van der Waals surface area contributed by atoms with E-state index in [0.29, 0.717) is 24.2 Å². The number of piperazine rings is 1. The first-order chi connectivity index (χ1) is 16.7. The van der Waals surface area contributed by atoms with Gasteiger partial charge in [-0.05, 0) is 68.7 Å².